The van der Waals surface area contributed by atoms with Crippen LogP contribution in [-0.2, 0) is 19.2 Å². The van der Waals surface area contributed by atoms with Gasteiger partial charge in [0.25, 0.3) is 0 Å². The second kappa shape index (κ2) is 10.2. The maximum atomic E-state index is 12.8. The van der Waals surface area contributed by atoms with Crippen LogP contribution in [0, 0.1) is 17.8 Å². The van der Waals surface area contributed by atoms with Crippen LogP contribution < -0.4 is 21.3 Å². The first kappa shape index (κ1) is 22.6. The summed E-state index contributed by atoms with van der Waals surface area (Å²) in [6.45, 7) is 3.95. The minimum absolute atomic E-state index is 0.131. The van der Waals surface area contributed by atoms with Gasteiger partial charge in [0, 0.05) is 12.5 Å². The molecule has 2 aliphatic rings. The van der Waals surface area contributed by atoms with Gasteiger partial charge in [-0.2, -0.15) is 0 Å². The molecule has 5 N–H and O–H groups in total. The average molecular weight is 410 g/mol. The van der Waals surface area contributed by atoms with Gasteiger partial charge in [-0.25, -0.2) is 4.79 Å². The van der Waals surface area contributed by atoms with Crippen LogP contribution in [0.3, 0.4) is 0 Å². The monoisotopic (exact) mass is 410 g/mol. The highest BCUT2D eigenvalue weighted by atomic mass is 16.4. The maximum absolute atomic E-state index is 12.8. The summed E-state index contributed by atoms with van der Waals surface area (Å²) < 4.78 is 0. The van der Waals surface area contributed by atoms with Gasteiger partial charge in [0.1, 0.15) is 18.4 Å². The van der Waals surface area contributed by atoms with E-state index in [1.807, 2.05) is 0 Å². The Hall–Kier alpha value is -2.65. The summed E-state index contributed by atoms with van der Waals surface area (Å²) in [4.78, 5) is 59.4. The van der Waals surface area contributed by atoms with Gasteiger partial charge >= 0.3 is 6.09 Å². The third-order valence-corrected chi connectivity index (χ3v) is 5.32. The molecular weight excluding hydrogens is 380 g/mol. The molecule has 4 atom stereocenters. The summed E-state index contributed by atoms with van der Waals surface area (Å²) in [6, 6.07) is -2.69. The highest BCUT2D eigenvalue weighted by molar-refractivity contribution is 5.92. The Balaban J connectivity index is 2.00. The molecule has 10 heteroatoms. The molecule has 0 radical (unpaired) electrons. The van der Waals surface area contributed by atoms with Crippen LogP contribution in [0.4, 0.5) is 4.79 Å². The van der Waals surface area contributed by atoms with Crippen molar-refractivity contribution < 1.29 is 29.1 Å². The lowest BCUT2D eigenvalue weighted by atomic mass is 9.98. The van der Waals surface area contributed by atoms with Crippen LogP contribution in [0.5, 0.6) is 0 Å². The average Bonchev–Trinajstić information content (AvgIpc) is 3.38. The molecule has 29 heavy (non-hydrogen) atoms. The molecule has 1 saturated carbocycles. The number of aldehydes is 1. The van der Waals surface area contributed by atoms with Crippen molar-refractivity contribution >= 4 is 30.1 Å². The van der Waals surface area contributed by atoms with Crippen molar-refractivity contribution in [3.63, 3.8) is 0 Å². The largest absolute Gasteiger partial charge is 0.465 e. The Kier molecular flexibility index (Phi) is 7.98. The zero-order valence-electron chi connectivity index (χ0n) is 16.8. The molecular formula is C19H30N4O6. The highest BCUT2D eigenvalue weighted by Gasteiger charge is 2.35. The fourth-order valence-electron chi connectivity index (χ4n) is 3.46. The van der Waals surface area contributed by atoms with Crippen LogP contribution >= 0.6 is 0 Å². The van der Waals surface area contributed by atoms with Gasteiger partial charge < -0.3 is 31.2 Å². The molecule has 0 aromatic rings. The van der Waals surface area contributed by atoms with E-state index in [2.05, 4.69) is 21.3 Å². The second-order valence-electron chi connectivity index (χ2n) is 8.17. The molecule has 2 fully saturated rings. The zero-order chi connectivity index (χ0) is 21.6. The SMILES string of the molecule is CC(C)C(NC(=O)O)C(=O)NC(CC1CC1)C(=O)NC(C=O)CC1CCNC1=O. The van der Waals surface area contributed by atoms with E-state index in [1.54, 1.807) is 13.8 Å². The van der Waals surface area contributed by atoms with Crippen LogP contribution in [-0.4, -0.2) is 59.9 Å². The first-order chi connectivity index (χ1) is 13.7. The Morgan fingerprint density at radius 2 is 1.79 bits per heavy atom. The van der Waals surface area contributed by atoms with E-state index in [0.717, 1.165) is 12.8 Å². The minimum Gasteiger partial charge on any atom is -0.465 e. The quantitative estimate of drug-likeness (QED) is 0.297. The van der Waals surface area contributed by atoms with Crippen LogP contribution in [0.2, 0.25) is 0 Å². The van der Waals surface area contributed by atoms with Crippen molar-refractivity contribution in [2.45, 2.75) is 64.1 Å². The van der Waals surface area contributed by atoms with Gasteiger partial charge in [0.2, 0.25) is 17.7 Å². The molecule has 162 valence electrons. The molecule has 1 aliphatic carbocycles. The van der Waals surface area contributed by atoms with E-state index >= 15 is 0 Å². The number of carbonyl (C=O) groups excluding carboxylic acids is 4. The zero-order valence-corrected chi connectivity index (χ0v) is 16.8. The number of hydrogen-bond donors (Lipinski definition) is 5. The molecule has 1 saturated heterocycles. The predicted molar refractivity (Wildman–Crippen MR) is 103 cm³/mol. The number of carboxylic acid groups (broad SMARTS) is 1. The van der Waals surface area contributed by atoms with E-state index < -0.39 is 36.0 Å². The summed E-state index contributed by atoms with van der Waals surface area (Å²) in [5, 5.41) is 19.1. The number of amides is 4. The van der Waals surface area contributed by atoms with Crippen LogP contribution in [0.15, 0.2) is 0 Å². The Morgan fingerprint density at radius 1 is 1.10 bits per heavy atom. The minimum atomic E-state index is -1.32. The molecule has 4 amide bonds. The van der Waals surface area contributed by atoms with Crippen molar-refractivity contribution in [3.8, 4) is 0 Å². The fourth-order valence-corrected chi connectivity index (χ4v) is 3.46. The van der Waals surface area contributed by atoms with Gasteiger partial charge in [-0.05, 0) is 31.1 Å². The Morgan fingerprint density at radius 3 is 2.28 bits per heavy atom. The van der Waals surface area contributed by atoms with Gasteiger partial charge in [-0.3, -0.25) is 14.4 Å². The van der Waals surface area contributed by atoms with Crippen LogP contribution in [0.25, 0.3) is 0 Å². The molecule has 0 bridgehead atoms. The van der Waals surface area contributed by atoms with Gasteiger partial charge in [0.05, 0.1) is 6.04 Å². The standard InChI is InChI=1S/C19H30N4O6/c1-10(2)15(23-19(28)29)18(27)22-14(7-11-3-4-11)17(26)21-13(9-24)8-12-5-6-20-16(12)25/h9-15,23H,3-8H2,1-2H3,(H,20,25)(H,21,26)(H,22,27)(H,28,29). The van der Waals surface area contributed by atoms with Crippen molar-refractivity contribution in [1.29, 1.82) is 0 Å². The van der Waals surface area contributed by atoms with Gasteiger partial charge in [0.15, 0.2) is 0 Å². The summed E-state index contributed by atoms with van der Waals surface area (Å²) >= 11 is 0. The molecule has 2 rings (SSSR count). The molecule has 4 unspecified atom stereocenters. The lowest BCUT2D eigenvalue weighted by Gasteiger charge is -2.25. The van der Waals surface area contributed by atoms with Crippen molar-refractivity contribution in [2.24, 2.45) is 17.8 Å². The molecule has 0 aromatic carbocycles. The van der Waals surface area contributed by atoms with Gasteiger partial charge in [-0.1, -0.05) is 26.7 Å². The topological polar surface area (TPSA) is 154 Å². The lowest BCUT2D eigenvalue weighted by Crippen LogP contribution is -2.56. The molecule has 0 spiro atoms. The summed E-state index contributed by atoms with van der Waals surface area (Å²) in [5.74, 6) is -1.54. The number of nitrogens with one attached hydrogen (secondary N) is 4. The summed E-state index contributed by atoms with van der Waals surface area (Å²) in [7, 11) is 0. The fraction of sp³-hybridized carbons (Fsp3) is 0.737. The van der Waals surface area contributed by atoms with E-state index in [1.165, 1.54) is 0 Å². The molecule has 0 aromatic heterocycles. The second-order valence-corrected chi connectivity index (χ2v) is 8.17. The van der Waals surface area contributed by atoms with Crippen molar-refractivity contribution in [1.82, 2.24) is 21.3 Å². The van der Waals surface area contributed by atoms with E-state index in [9.17, 15) is 24.0 Å². The summed E-state index contributed by atoms with van der Waals surface area (Å²) in [6.07, 6.45) is 2.43. The molecule has 1 heterocycles. The first-order valence-electron chi connectivity index (χ1n) is 10.0. The molecule has 10 nitrogen and oxygen atoms in total. The van der Waals surface area contributed by atoms with Gasteiger partial charge in [-0.15, -0.1) is 0 Å². The molecule has 1 aliphatic heterocycles. The lowest BCUT2D eigenvalue weighted by molar-refractivity contribution is -0.132. The third kappa shape index (κ3) is 7.03. The predicted octanol–water partition coefficient (Wildman–Crippen LogP) is -0.227. The smallest absolute Gasteiger partial charge is 0.405 e. The van der Waals surface area contributed by atoms with E-state index in [0.29, 0.717) is 31.6 Å². The van der Waals surface area contributed by atoms with Crippen molar-refractivity contribution in [2.75, 3.05) is 6.54 Å². The number of rotatable bonds is 11. The van der Waals surface area contributed by atoms with E-state index in [-0.39, 0.29) is 24.2 Å². The number of carbonyl (C=O) groups is 5. The van der Waals surface area contributed by atoms with Crippen LogP contribution in [0.1, 0.15) is 46.0 Å². The van der Waals surface area contributed by atoms with E-state index in [4.69, 9.17) is 5.11 Å². The number of hydrogen-bond acceptors (Lipinski definition) is 5. The Labute approximate surface area is 169 Å². The normalized spacial score (nSPS) is 21.6. The Bertz CT molecular complexity index is 649. The highest BCUT2D eigenvalue weighted by Crippen LogP contribution is 2.33. The maximum Gasteiger partial charge on any atom is 0.405 e. The van der Waals surface area contributed by atoms with Crippen molar-refractivity contribution in [3.05, 3.63) is 0 Å². The first-order valence-corrected chi connectivity index (χ1v) is 10.0. The third-order valence-electron chi connectivity index (χ3n) is 5.32. The summed E-state index contributed by atoms with van der Waals surface area (Å²) in [5.41, 5.74) is 0.